The van der Waals surface area contributed by atoms with E-state index >= 15 is 0 Å². The van der Waals surface area contributed by atoms with Crippen LogP contribution >= 0.6 is 34.5 Å². The van der Waals surface area contributed by atoms with Gasteiger partial charge in [-0.25, -0.2) is 4.79 Å². The lowest BCUT2D eigenvalue weighted by Gasteiger charge is -2.03. The Morgan fingerprint density at radius 3 is 2.73 bits per heavy atom. The molecule has 4 nitrogen and oxygen atoms in total. The average molecular weight is 404 g/mol. The summed E-state index contributed by atoms with van der Waals surface area (Å²) in [4.78, 5) is 28.1. The molecule has 0 atom stereocenters. The highest BCUT2D eigenvalue weighted by Gasteiger charge is 2.20. The van der Waals surface area contributed by atoms with Gasteiger partial charge in [0.25, 0.3) is 0 Å². The zero-order valence-electron chi connectivity index (χ0n) is 13.2. The van der Waals surface area contributed by atoms with Crippen molar-refractivity contribution in [3.8, 4) is 0 Å². The zero-order chi connectivity index (χ0) is 18.3. The number of carbonyl (C=O) groups is 2. The zero-order valence-corrected chi connectivity index (χ0v) is 15.5. The molecule has 0 amide bonds. The van der Waals surface area contributed by atoms with Crippen molar-refractivity contribution in [3.63, 3.8) is 0 Å². The Kier molecular flexibility index (Phi) is 4.44. The van der Waals surface area contributed by atoms with Gasteiger partial charge in [0.05, 0.1) is 5.02 Å². The average Bonchev–Trinajstić information content (AvgIpc) is 3.21. The monoisotopic (exact) mass is 403 g/mol. The molecule has 26 heavy (non-hydrogen) atoms. The molecule has 4 aromatic rings. The second kappa shape index (κ2) is 6.76. The predicted molar refractivity (Wildman–Crippen MR) is 105 cm³/mol. The number of nitrogens with one attached hydrogen (secondary N) is 1. The summed E-state index contributed by atoms with van der Waals surface area (Å²) < 4.78 is 5.98. The maximum Gasteiger partial charge on any atom is 0.350 e. The standard InChI is InChI=1S/C19H11Cl2NO3S/c20-10-5-6-12-16(7-10)26-18(17(12)21)19(24)25-9-15(23)13-8-22-14-4-2-1-3-11(13)14/h1-8,22H,9H2. The lowest BCUT2D eigenvalue weighted by Crippen LogP contribution is -2.13. The molecule has 2 heterocycles. The molecule has 0 spiro atoms. The largest absolute Gasteiger partial charge is 0.453 e. The number of aromatic nitrogens is 1. The Balaban J connectivity index is 1.54. The lowest BCUT2D eigenvalue weighted by molar-refractivity contribution is 0.0480. The van der Waals surface area contributed by atoms with Gasteiger partial charge in [-0.2, -0.15) is 0 Å². The second-order valence-corrected chi connectivity index (χ2v) is 7.50. The van der Waals surface area contributed by atoms with E-state index in [9.17, 15) is 9.59 Å². The number of ether oxygens (including phenoxy) is 1. The fourth-order valence-electron chi connectivity index (χ4n) is 2.75. The molecule has 0 unspecified atom stereocenters. The van der Waals surface area contributed by atoms with Crippen molar-refractivity contribution >= 4 is 67.3 Å². The number of fused-ring (bicyclic) bond motifs is 2. The number of thiophene rings is 1. The first-order valence-electron chi connectivity index (χ1n) is 7.68. The SMILES string of the molecule is O=C(OCC(=O)c1c[nH]c2ccccc12)c1sc2cc(Cl)ccc2c1Cl. The minimum atomic E-state index is -0.625. The maximum absolute atomic E-state index is 12.4. The molecular formula is C19H11Cl2NO3S. The number of Topliss-reactive ketones (excluding diaryl/α,β-unsaturated/α-hetero) is 1. The number of hydrogen-bond acceptors (Lipinski definition) is 4. The number of benzene rings is 2. The summed E-state index contributed by atoms with van der Waals surface area (Å²) in [5, 5.41) is 2.40. The summed E-state index contributed by atoms with van der Waals surface area (Å²) in [5.41, 5.74) is 1.34. The van der Waals surface area contributed by atoms with Crippen molar-refractivity contribution in [2.75, 3.05) is 6.61 Å². The molecule has 2 aromatic carbocycles. The van der Waals surface area contributed by atoms with Crippen LogP contribution in [0.5, 0.6) is 0 Å². The van der Waals surface area contributed by atoms with E-state index in [1.807, 2.05) is 24.3 Å². The van der Waals surface area contributed by atoms with Crippen molar-refractivity contribution in [1.82, 2.24) is 4.98 Å². The van der Waals surface area contributed by atoms with E-state index in [1.165, 1.54) is 11.3 Å². The van der Waals surface area contributed by atoms with Gasteiger partial charge in [-0.1, -0.05) is 47.5 Å². The van der Waals surface area contributed by atoms with E-state index in [0.717, 1.165) is 21.0 Å². The molecule has 0 radical (unpaired) electrons. The highest BCUT2D eigenvalue weighted by molar-refractivity contribution is 7.21. The van der Waals surface area contributed by atoms with Crippen molar-refractivity contribution in [2.24, 2.45) is 0 Å². The first-order chi connectivity index (χ1) is 12.5. The normalized spacial score (nSPS) is 11.2. The van der Waals surface area contributed by atoms with Crippen LogP contribution in [0.15, 0.2) is 48.7 Å². The number of hydrogen-bond donors (Lipinski definition) is 1. The van der Waals surface area contributed by atoms with Crippen LogP contribution in [-0.2, 0) is 4.74 Å². The first kappa shape index (κ1) is 17.1. The molecule has 0 aliphatic carbocycles. The van der Waals surface area contributed by atoms with E-state index in [1.54, 1.807) is 24.4 Å². The van der Waals surface area contributed by atoms with Crippen molar-refractivity contribution in [1.29, 1.82) is 0 Å². The molecule has 7 heteroatoms. The molecule has 0 aliphatic rings. The number of aromatic amines is 1. The Bertz CT molecular complexity index is 1160. The minimum absolute atomic E-state index is 0.260. The third kappa shape index (κ3) is 2.98. The first-order valence-corrected chi connectivity index (χ1v) is 9.26. The highest BCUT2D eigenvalue weighted by atomic mass is 35.5. The van der Waals surface area contributed by atoms with Gasteiger partial charge in [0.1, 0.15) is 4.88 Å². The van der Waals surface area contributed by atoms with Gasteiger partial charge in [-0.05, 0) is 18.2 Å². The smallest absolute Gasteiger partial charge is 0.350 e. The molecule has 1 N–H and O–H groups in total. The summed E-state index contributed by atoms with van der Waals surface area (Å²) in [6.07, 6.45) is 1.62. The maximum atomic E-state index is 12.4. The van der Waals surface area contributed by atoms with Crippen molar-refractivity contribution in [3.05, 3.63) is 69.1 Å². The summed E-state index contributed by atoms with van der Waals surface area (Å²) in [5.74, 6) is -0.906. The number of rotatable bonds is 4. The minimum Gasteiger partial charge on any atom is -0.453 e. The number of carbonyl (C=O) groups excluding carboxylic acids is 2. The fraction of sp³-hybridized carbons (Fsp3) is 0.0526. The van der Waals surface area contributed by atoms with Gasteiger partial charge in [-0.15, -0.1) is 11.3 Å². The van der Waals surface area contributed by atoms with E-state index in [4.69, 9.17) is 27.9 Å². The van der Waals surface area contributed by atoms with Crippen LogP contribution in [0.4, 0.5) is 0 Å². The molecule has 0 saturated carbocycles. The van der Waals surface area contributed by atoms with E-state index in [2.05, 4.69) is 4.98 Å². The molecule has 0 fully saturated rings. The van der Waals surface area contributed by atoms with E-state index in [0.29, 0.717) is 15.6 Å². The Morgan fingerprint density at radius 2 is 1.88 bits per heavy atom. The quantitative estimate of drug-likeness (QED) is 0.349. The highest BCUT2D eigenvalue weighted by Crippen LogP contribution is 2.37. The van der Waals surface area contributed by atoms with Gasteiger partial charge in [0, 0.05) is 37.8 Å². The number of para-hydroxylation sites is 1. The van der Waals surface area contributed by atoms with Gasteiger partial charge in [0.2, 0.25) is 5.78 Å². The summed E-state index contributed by atoms with van der Waals surface area (Å²) >= 11 is 13.4. The van der Waals surface area contributed by atoms with Gasteiger partial charge >= 0.3 is 5.97 Å². The number of halogens is 2. The van der Waals surface area contributed by atoms with Gasteiger partial charge in [-0.3, -0.25) is 4.79 Å². The number of esters is 1. The number of ketones is 1. The van der Waals surface area contributed by atoms with Crippen molar-refractivity contribution < 1.29 is 14.3 Å². The molecule has 130 valence electrons. The summed E-state index contributed by atoms with van der Waals surface area (Å²) in [6.45, 7) is -0.355. The topological polar surface area (TPSA) is 59.2 Å². The molecule has 0 bridgehead atoms. The Labute approximate surface area is 162 Å². The fourth-order valence-corrected chi connectivity index (χ4v) is 4.43. The molecule has 2 aromatic heterocycles. The summed E-state index contributed by atoms with van der Waals surface area (Å²) in [6, 6.07) is 12.6. The van der Waals surface area contributed by atoms with Crippen LogP contribution < -0.4 is 0 Å². The van der Waals surface area contributed by atoms with Crippen LogP contribution in [0.2, 0.25) is 10.0 Å². The Hall–Kier alpha value is -2.34. The number of H-pyrrole nitrogens is 1. The summed E-state index contributed by atoms with van der Waals surface area (Å²) in [7, 11) is 0. The molecule has 0 aliphatic heterocycles. The third-order valence-electron chi connectivity index (χ3n) is 4.00. The van der Waals surface area contributed by atoms with E-state index in [-0.39, 0.29) is 17.3 Å². The Morgan fingerprint density at radius 1 is 1.08 bits per heavy atom. The van der Waals surface area contributed by atoms with Crippen LogP contribution in [0.1, 0.15) is 20.0 Å². The van der Waals surface area contributed by atoms with Crippen LogP contribution in [0.25, 0.3) is 21.0 Å². The predicted octanol–water partition coefficient (Wildman–Crippen LogP) is 5.73. The lowest BCUT2D eigenvalue weighted by atomic mass is 10.1. The molecule has 0 saturated heterocycles. The van der Waals surface area contributed by atoms with Crippen LogP contribution in [0, 0.1) is 0 Å². The second-order valence-electron chi connectivity index (χ2n) is 5.63. The van der Waals surface area contributed by atoms with E-state index < -0.39 is 5.97 Å². The molecule has 4 rings (SSSR count). The van der Waals surface area contributed by atoms with Gasteiger partial charge in [0.15, 0.2) is 6.61 Å². The van der Waals surface area contributed by atoms with Crippen LogP contribution in [-0.4, -0.2) is 23.3 Å². The third-order valence-corrected chi connectivity index (χ3v) is 5.87. The van der Waals surface area contributed by atoms with Crippen LogP contribution in [0.3, 0.4) is 0 Å². The van der Waals surface area contributed by atoms with Gasteiger partial charge < -0.3 is 9.72 Å². The van der Waals surface area contributed by atoms with Crippen molar-refractivity contribution in [2.45, 2.75) is 0 Å². The molecular weight excluding hydrogens is 393 g/mol.